The molecule has 0 aromatic carbocycles. The number of hydrogen-bond donors (Lipinski definition) is 0. The van der Waals surface area contributed by atoms with Gasteiger partial charge in [0.15, 0.2) is 10.4 Å². The van der Waals surface area contributed by atoms with Gasteiger partial charge in [-0.25, -0.2) is 0 Å². The van der Waals surface area contributed by atoms with Gasteiger partial charge in [0.25, 0.3) is 5.85 Å². The number of ether oxygens (including phenoxy) is 2. The molecule has 2 aliphatic heterocycles. The smallest absolute Gasteiger partial charge is 0.288 e. The summed E-state index contributed by atoms with van der Waals surface area (Å²) >= 11 is 17.3. The molecule has 2 atom stereocenters. The van der Waals surface area contributed by atoms with Crippen LogP contribution in [-0.4, -0.2) is 23.6 Å². The van der Waals surface area contributed by atoms with Crippen LogP contribution in [0.2, 0.25) is 0 Å². The summed E-state index contributed by atoms with van der Waals surface area (Å²) in [5.74, 6) is -3.42. The summed E-state index contributed by atoms with van der Waals surface area (Å²) in [5.41, 5.74) is 0. The van der Waals surface area contributed by atoms with Crippen molar-refractivity contribution in [2.45, 2.75) is 23.2 Å². The summed E-state index contributed by atoms with van der Waals surface area (Å²) in [6, 6.07) is 0. The molecular weight excluding hydrogens is 257 g/mol. The van der Waals surface area contributed by atoms with E-state index < -0.39 is 16.2 Å². The van der Waals surface area contributed by atoms with Crippen LogP contribution in [-0.2, 0) is 14.0 Å². The van der Waals surface area contributed by atoms with Gasteiger partial charge in [0, 0.05) is 12.8 Å². The van der Waals surface area contributed by atoms with Crippen LogP contribution in [0.15, 0.2) is 0 Å². The summed E-state index contributed by atoms with van der Waals surface area (Å²) in [4.78, 5) is 0. The van der Waals surface area contributed by atoms with E-state index in [9.17, 15) is 4.57 Å². The van der Waals surface area contributed by atoms with Crippen molar-refractivity contribution in [2.24, 2.45) is 0 Å². The van der Waals surface area contributed by atoms with Gasteiger partial charge >= 0.3 is 0 Å². The average molecular weight is 265 g/mol. The second-order valence-corrected chi connectivity index (χ2v) is 8.80. The first-order chi connectivity index (χ1) is 5.91. The van der Waals surface area contributed by atoms with Crippen LogP contribution in [0.25, 0.3) is 0 Å². The van der Waals surface area contributed by atoms with Gasteiger partial charge in [0.2, 0.25) is 0 Å². The second kappa shape index (κ2) is 3.01. The monoisotopic (exact) mass is 264 g/mol. The molecule has 0 radical (unpaired) electrons. The molecule has 2 rings (SSSR count). The fourth-order valence-corrected chi connectivity index (χ4v) is 5.28. The Morgan fingerprint density at radius 2 is 1.62 bits per heavy atom. The lowest BCUT2D eigenvalue weighted by atomic mass is 9.99. The van der Waals surface area contributed by atoms with E-state index in [2.05, 4.69) is 0 Å². The zero-order chi connectivity index (χ0) is 9.74. The van der Waals surface area contributed by atoms with Crippen LogP contribution in [0, 0.1) is 0 Å². The first-order valence-electron chi connectivity index (χ1n) is 3.88. The summed E-state index contributed by atoms with van der Waals surface area (Å²) in [5, 5.41) is -2.26. The molecule has 7 heteroatoms. The Balaban J connectivity index is 2.30. The summed E-state index contributed by atoms with van der Waals surface area (Å²) in [6.45, 7) is 1.00. The molecule has 2 unspecified atom stereocenters. The lowest BCUT2D eigenvalue weighted by Gasteiger charge is -2.55. The van der Waals surface area contributed by atoms with Crippen LogP contribution < -0.4 is 0 Å². The minimum atomic E-state index is -3.42. The van der Waals surface area contributed by atoms with E-state index in [1.807, 2.05) is 0 Å². The fraction of sp³-hybridized carbons (Fsp3) is 1.00. The molecule has 2 aliphatic rings. The molecule has 3 nitrogen and oxygen atoms in total. The van der Waals surface area contributed by atoms with Crippen molar-refractivity contribution < 1.29 is 14.0 Å². The molecule has 0 bridgehead atoms. The first kappa shape index (κ1) is 10.5. The molecule has 2 saturated heterocycles. The predicted octanol–water partition coefficient (Wildman–Crippen LogP) is 3.13. The van der Waals surface area contributed by atoms with Crippen LogP contribution in [0.1, 0.15) is 12.8 Å². The van der Waals surface area contributed by atoms with E-state index in [-0.39, 0.29) is 0 Å². The third-order valence-corrected chi connectivity index (χ3v) is 6.47. The molecule has 0 N–H and O–H groups in total. The summed E-state index contributed by atoms with van der Waals surface area (Å²) < 4.78 is 22.0. The first-order valence-corrected chi connectivity index (χ1v) is 7.77. The van der Waals surface area contributed by atoms with E-state index in [0.717, 1.165) is 0 Å². The fourth-order valence-electron chi connectivity index (χ4n) is 1.58. The van der Waals surface area contributed by atoms with Crippen LogP contribution in [0.3, 0.4) is 0 Å². The van der Waals surface area contributed by atoms with Crippen molar-refractivity contribution >= 4 is 39.9 Å². The minimum absolute atomic E-state index is 0.473. The van der Waals surface area contributed by atoms with Crippen LogP contribution in [0.5, 0.6) is 0 Å². The lowest BCUT2D eigenvalue weighted by molar-refractivity contribution is -0.232. The normalized spacial score (nSPS) is 45.2. The highest BCUT2D eigenvalue weighted by Gasteiger charge is 2.69. The van der Waals surface area contributed by atoms with Crippen molar-refractivity contribution in [3.8, 4) is 0 Å². The highest BCUT2D eigenvalue weighted by molar-refractivity contribution is 8.09. The SMILES string of the molecule is O=P(Cl)(Cl)C1(C2(Cl)CCO2)CCO1. The van der Waals surface area contributed by atoms with E-state index >= 15 is 0 Å². The zero-order valence-corrected chi connectivity index (χ0v) is 9.80. The number of hydrogen-bond acceptors (Lipinski definition) is 3. The molecular formula is C6H8Cl3O3P. The maximum Gasteiger partial charge on any atom is 0.288 e. The van der Waals surface area contributed by atoms with Crippen molar-refractivity contribution in [1.29, 1.82) is 0 Å². The van der Waals surface area contributed by atoms with E-state index in [4.69, 9.17) is 43.6 Å². The summed E-state index contributed by atoms with van der Waals surface area (Å²) in [7, 11) is 0. The van der Waals surface area contributed by atoms with Gasteiger partial charge in [-0.3, -0.25) is 4.57 Å². The maximum absolute atomic E-state index is 11.6. The van der Waals surface area contributed by atoms with Gasteiger partial charge < -0.3 is 9.47 Å². The van der Waals surface area contributed by atoms with Gasteiger partial charge in [-0.1, -0.05) is 11.6 Å². The van der Waals surface area contributed by atoms with E-state index in [1.165, 1.54) is 0 Å². The molecule has 13 heavy (non-hydrogen) atoms. The van der Waals surface area contributed by atoms with Crippen molar-refractivity contribution in [1.82, 2.24) is 0 Å². The molecule has 0 aliphatic carbocycles. The van der Waals surface area contributed by atoms with Crippen molar-refractivity contribution in [3.63, 3.8) is 0 Å². The highest BCUT2D eigenvalue weighted by atomic mass is 35.9. The largest absolute Gasteiger partial charge is 0.360 e. The third kappa shape index (κ3) is 1.29. The molecule has 76 valence electrons. The predicted molar refractivity (Wildman–Crippen MR) is 51.8 cm³/mol. The maximum atomic E-state index is 11.6. The van der Waals surface area contributed by atoms with Gasteiger partial charge in [0.1, 0.15) is 0 Å². The lowest BCUT2D eigenvalue weighted by Crippen LogP contribution is -2.63. The molecule has 2 fully saturated rings. The third-order valence-electron chi connectivity index (χ3n) is 2.54. The van der Waals surface area contributed by atoms with Crippen LogP contribution >= 0.6 is 39.9 Å². The zero-order valence-electron chi connectivity index (χ0n) is 6.63. The summed E-state index contributed by atoms with van der Waals surface area (Å²) in [6.07, 6.45) is 1.05. The Bertz CT molecular complexity index is 268. The quantitative estimate of drug-likeness (QED) is 0.568. The van der Waals surface area contributed by atoms with Crippen molar-refractivity contribution in [3.05, 3.63) is 0 Å². The topological polar surface area (TPSA) is 35.5 Å². The van der Waals surface area contributed by atoms with Gasteiger partial charge in [-0.15, -0.1) is 0 Å². The van der Waals surface area contributed by atoms with E-state index in [1.54, 1.807) is 0 Å². The number of halogens is 3. The highest BCUT2D eigenvalue weighted by Crippen LogP contribution is 2.77. The average Bonchev–Trinajstić information content (AvgIpc) is 1.77. The van der Waals surface area contributed by atoms with Gasteiger partial charge in [0.05, 0.1) is 13.2 Å². The minimum Gasteiger partial charge on any atom is -0.360 e. The molecule has 0 amide bonds. The Morgan fingerprint density at radius 1 is 1.15 bits per heavy atom. The number of alkyl halides is 1. The Morgan fingerprint density at radius 3 is 1.69 bits per heavy atom. The molecule has 0 aromatic rings. The van der Waals surface area contributed by atoms with Gasteiger partial charge in [-0.2, -0.15) is 0 Å². The van der Waals surface area contributed by atoms with Crippen LogP contribution in [0.4, 0.5) is 0 Å². The Labute approximate surface area is 90.6 Å². The number of rotatable bonds is 2. The molecule has 0 aromatic heterocycles. The second-order valence-electron chi connectivity index (χ2n) is 3.17. The van der Waals surface area contributed by atoms with Gasteiger partial charge in [-0.05, 0) is 22.5 Å². The Hall–Kier alpha value is 1.02. The molecule has 0 saturated carbocycles. The molecule has 0 spiro atoms. The standard InChI is InChI=1S/C6H8Cl3O3P/c7-5(1-3-11-5)6(2-4-12-6)13(8,9)10/h1-4H2. The Kier molecular flexibility index (Phi) is 2.44. The van der Waals surface area contributed by atoms with Crippen molar-refractivity contribution in [2.75, 3.05) is 13.2 Å². The molecule has 2 heterocycles. The van der Waals surface area contributed by atoms with E-state index in [0.29, 0.717) is 26.1 Å².